The van der Waals surface area contributed by atoms with Gasteiger partial charge in [0.1, 0.15) is 18.1 Å². The standard InChI is InChI=1S/C35H30N4O5/c1-35-32(43-3)24(37(2)34(42)20-12-6-9-15-25(20)40)16-26(44-35)38-22-13-7-4-10-18(22)28-29-21(17-36-33(29)41)27-19-11-5-8-14-23(19)39(35)31(27)30(28)38/h4-15,24,26,32,40H,16-17H2,1-3H3,(H,36,41)/t24-,26+,32-,35-/m0/s1. The quantitative estimate of drug-likeness (QED) is 0.281. The number of carbonyl (C=O) groups excluding carboxylic acids is 2. The van der Waals surface area contributed by atoms with E-state index in [4.69, 9.17) is 9.47 Å². The van der Waals surface area contributed by atoms with Crippen LogP contribution < -0.4 is 5.32 Å². The van der Waals surface area contributed by atoms with Crippen molar-refractivity contribution in [3.8, 4) is 5.75 Å². The molecule has 2 bridgehead atoms. The molecule has 2 N–H and O–H groups in total. The predicted molar refractivity (Wildman–Crippen MR) is 167 cm³/mol. The average Bonchev–Trinajstić information content (AvgIpc) is 3.68. The third kappa shape index (κ3) is 2.95. The Morgan fingerprint density at radius 2 is 1.68 bits per heavy atom. The van der Waals surface area contributed by atoms with Crippen molar-refractivity contribution < 1.29 is 24.2 Å². The van der Waals surface area contributed by atoms with E-state index in [0.29, 0.717) is 13.0 Å². The number of rotatable bonds is 3. The van der Waals surface area contributed by atoms with Gasteiger partial charge < -0.3 is 33.9 Å². The number of amides is 2. The van der Waals surface area contributed by atoms with Gasteiger partial charge in [0.2, 0.25) is 0 Å². The van der Waals surface area contributed by atoms with Gasteiger partial charge in [0.05, 0.1) is 39.2 Å². The fourth-order valence-corrected chi connectivity index (χ4v) is 8.39. The molecule has 4 aromatic carbocycles. The number of phenols is 1. The van der Waals surface area contributed by atoms with Crippen LogP contribution in [0.3, 0.4) is 0 Å². The highest BCUT2D eigenvalue weighted by atomic mass is 16.6. The number of hydrogen-bond acceptors (Lipinski definition) is 5. The Hall–Kier alpha value is -4.86. The molecular weight excluding hydrogens is 556 g/mol. The van der Waals surface area contributed by atoms with Gasteiger partial charge in [0.25, 0.3) is 11.8 Å². The summed E-state index contributed by atoms with van der Waals surface area (Å²) in [5.41, 5.74) is 4.78. The Kier molecular flexibility index (Phi) is 5.02. The van der Waals surface area contributed by atoms with Crippen LogP contribution >= 0.6 is 0 Å². The van der Waals surface area contributed by atoms with Crippen LogP contribution in [0, 0.1) is 0 Å². The molecule has 0 saturated carbocycles. The van der Waals surface area contributed by atoms with E-state index < -0.39 is 24.1 Å². The van der Waals surface area contributed by atoms with Crippen LogP contribution in [0.5, 0.6) is 5.75 Å². The van der Waals surface area contributed by atoms with E-state index in [1.54, 1.807) is 37.3 Å². The molecule has 9 heteroatoms. The molecule has 2 amide bonds. The van der Waals surface area contributed by atoms with Crippen LogP contribution in [0.4, 0.5) is 0 Å². The second kappa shape index (κ2) is 8.62. The van der Waals surface area contributed by atoms with Crippen LogP contribution in [-0.2, 0) is 21.7 Å². The first-order chi connectivity index (χ1) is 21.3. The molecule has 0 aliphatic carbocycles. The van der Waals surface area contributed by atoms with Crippen molar-refractivity contribution in [2.45, 2.75) is 44.0 Å². The molecule has 44 heavy (non-hydrogen) atoms. The van der Waals surface area contributed by atoms with Gasteiger partial charge in [0.15, 0.2) is 5.72 Å². The van der Waals surface area contributed by atoms with Crippen LogP contribution in [0.25, 0.3) is 43.6 Å². The molecule has 2 aromatic heterocycles. The van der Waals surface area contributed by atoms with Crippen LogP contribution in [0.1, 0.15) is 45.9 Å². The first-order valence-corrected chi connectivity index (χ1v) is 14.9. The second-order valence-corrected chi connectivity index (χ2v) is 12.2. The van der Waals surface area contributed by atoms with E-state index in [2.05, 4.69) is 38.7 Å². The van der Waals surface area contributed by atoms with Gasteiger partial charge >= 0.3 is 0 Å². The number of aromatic nitrogens is 2. The summed E-state index contributed by atoms with van der Waals surface area (Å²) in [5, 5.41) is 17.7. The normalized spacial score (nSPS) is 23.9. The summed E-state index contributed by atoms with van der Waals surface area (Å²) >= 11 is 0. The molecule has 1 saturated heterocycles. The number of methoxy groups -OCH3 is 1. The van der Waals surface area contributed by atoms with Crippen molar-refractivity contribution in [3.63, 3.8) is 0 Å². The lowest BCUT2D eigenvalue weighted by Crippen LogP contribution is -2.61. The summed E-state index contributed by atoms with van der Waals surface area (Å²) in [4.78, 5) is 29.2. The summed E-state index contributed by atoms with van der Waals surface area (Å²) in [6.45, 7) is 2.49. The summed E-state index contributed by atoms with van der Waals surface area (Å²) < 4.78 is 18.0. The number of nitrogens with one attached hydrogen (secondary N) is 1. The number of carbonyl (C=O) groups is 2. The molecule has 0 radical (unpaired) electrons. The zero-order valence-electron chi connectivity index (χ0n) is 24.5. The molecule has 3 aliphatic heterocycles. The van der Waals surface area contributed by atoms with Crippen molar-refractivity contribution in [2.75, 3.05) is 14.2 Å². The number of hydrogen-bond donors (Lipinski definition) is 2. The highest BCUT2D eigenvalue weighted by Gasteiger charge is 2.55. The monoisotopic (exact) mass is 586 g/mol. The van der Waals surface area contributed by atoms with Gasteiger partial charge in [-0.1, -0.05) is 48.5 Å². The largest absolute Gasteiger partial charge is 0.507 e. The number of fused-ring (bicyclic) bond motifs is 13. The van der Waals surface area contributed by atoms with Crippen molar-refractivity contribution in [1.29, 1.82) is 0 Å². The molecule has 0 unspecified atom stereocenters. The molecule has 0 spiro atoms. The third-order valence-electron chi connectivity index (χ3n) is 10.1. The number of likely N-dealkylation sites (N-methyl/N-ethyl adjacent to an activating group) is 1. The first kappa shape index (κ1) is 25.6. The van der Waals surface area contributed by atoms with Crippen molar-refractivity contribution in [3.05, 3.63) is 89.5 Å². The first-order valence-electron chi connectivity index (χ1n) is 14.9. The van der Waals surface area contributed by atoms with Crippen LogP contribution in [0.2, 0.25) is 0 Å². The molecule has 6 aromatic rings. The number of ether oxygens (including phenoxy) is 2. The van der Waals surface area contributed by atoms with E-state index in [1.807, 2.05) is 31.2 Å². The molecule has 5 heterocycles. The van der Waals surface area contributed by atoms with Gasteiger partial charge in [-0.2, -0.15) is 0 Å². The lowest BCUT2D eigenvalue weighted by Gasteiger charge is -2.50. The summed E-state index contributed by atoms with van der Waals surface area (Å²) in [6.07, 6.45) is -0.620. The van der Waals surface area contributed by atoms with Crippen LogP contribution in [0.15, 0.2) is 72.8 Å². The fourth-order valence-electron chi connectivity index (χ4n) is 8.39. The lowest BCUT2D eigenvalue weighted by atomic mass is 9.91. The van der Waals surface area contributed by atoms with Crippen molar-refractivity contribution >= 4 is 55.4 Å². The van der Waals surface area contributed by atoms with Gasteiger partial charge in [-0.25, -0.2) is 0 Å². The Morgan fingerprint density at radius 1 is 1.00 bits per heavy atom. The van der Waals surface area contributed by atoms with Gasteiger partial charge in [-0.05, 0) is 36.8 Å². The highest BCUT2D eigenvalue weighted by Crippen LogP contribution is 2.54. The minimum absolute atomic E-state index is 0.0644. The highest BCUT2D eigenvalue weighted by molar-refractivity contribution is 6.31. The van der Waals surface area contributed by atoms with E-state index in [9.17, 15) is 14.7 Å². The fraction of sp³-hybridized carbons (Fsp3) is 0.257. The van der Waals surface area contributed by atoms with Gasteiger partial charge in [0, 0.05) is 48.7 Å². The minimum atomic E-state index is -1.05. The summed E-state index contributed by atoms with van der Waals surface area (Å²) in [7, 11) is 3.43. The maximum atomic E-state index is 13.9. The topological polar surface area (TPSA) is 98.0 Å². The summed E-state index contributed by atoms with van der Waals surface area (Å²) in [6, 6.07) is 22.6. The van der Waals surface area contributed by atoms with Crippen LogP contribution in [-0.4, -0.2) is 57.3 Å². The lowest BCUT2D eigenvalue weighted by molar-refractivity contribution is -0.264. The number of aromatic hydroxyl groups is 1. The number of phenolic OH excluding ortho intramolecular Hbond substituents is 1. The maximum Gasteiger partial charge on any atom is 0.257 e. The van der Waals surface area contributed by atoms with E-state index in [-0.39, 0.29) is 23.1 Å². The van der Waals surface area contributed by atoms with Crippen molar-refractivity contribution in [2.24, 2.45) is 0 Å². The van der Waals surface area contributed by atoms with E-state index in [0.717, 1.165) is 54.7 Å². The molecular formula is C35H30N4O5. The molecule has 220 valence electrons. The second-order valence-electron chi connectivity index (χ2n) is 12.2. The molecule has 3 aliphatic rings. The number of benzene rings is 4. The Balaban J connectivity index is 1.41. The van der Waals surface area contributed by atoms with Gasteiger partial charge in [-0.3, -0.25) is 9.59 Å². The maximum absolute atomic E-state index is 13.9. The Morgan fingerprint density at radius 3 is 2.43 bits per heavy atom. The molecule has 4 atom stereocenters. The zero-order valence-corrected chi connectivity index (χ0v) is 24.5. The number of para-hydroxylation sites is 3. The molecule has 9 nitrogen and oxygen atoms in total. The number of nitrogens with zero attached hydrogens (tertiary/aromatic N) is 3. The Labute approximate surface area is 252 Å². The molecule has 9 rings (SSSR count). The van der Waals surface area contributed by atoms with Gasteiger partial charge in [-0.15, -0.1) is 0 Å². The van der Waals surface area contributed by atoms with Crippen molar-refractivity contribution in [1.82, 2.24) is 19.4 Å². The zero-order chi connectivity index (χ0) is 30.1. The SMILES string of the molecule is CO[C@H]1[C@@H](N(C)C(=O)c2ccccc2O)C[C@H]2O[C@]1(C)n1c3ccccc3c3c4c(c5c6ccccc6n2c5c31)C(=O)NC4. The summed E-state index contributed by atoms with van der Waals surface area (Å²) in [5.74, 6) is -0.428. The minimum Gasteiger partial charge on any atom is -0.507 e. The Bertz CT molecular complexity index is 2250. The van der Waals surface area contributed by atoms with E-state index >= 15 is 0 Å². The average molecular weight is 587 g/mol. The smallest absolute Gasteiger partial charge is 0.257 e. The third-order valence-corrected chi connectivity index (χ3v) is 10.1. The van der Waals surface area contributed by atoms with E-state index in [1.165, 1.54) is 6.07 Å². The predicted octanol–water partition coefficient (Wildman–Crippen LogP) is 5.61. The molecule has 1 fully saturated rings.